The highest BCUT2D eigenvalue weighted by atomic mass is 32.1. The molecule has 118 valence electrons. The first-order valence-electron chi connectivity index (χ1n) is 7.79. The van der Waals surface area contributed by atoms with Crippen molar-refractivity contribution >= 4 is 17.2 Å². The number of thiophene rings is 1. The largest absolute Gasteiger partial charge is 0.368 e. The Labute approximate surface area is 136 Å². The maximum atomic E-state index is 11.4. The van der Waals surface area contributed by atoms with Gasteiger partial charge in [0, 0.05) is 4.88 Å². The van der Waals surface area contributed by atoms with Crippen molar-refractivity contribution in [2.75, 3.05) is 0 Å². The van der Waals surface area contributed by atoms with Crippen LogP contribution in [0.4, 0.5) is 0 Å². The molecule has 2 rings (SSSR count). The summed E-state index contributed by atoms with van der Waals surface area (Å²) in [6.07, 6.45) is 3.54. The molecule has 1 heterocycles. The van der Waals surface area contributed by atoms with E-state index in [0.29, 0.717) is 0 Å². The fourth-order valence-corrected chi connectivity index (χ4v) is 3.20. The molecule has 2 aromatic rings. The Bertz CT molecular complexity index is 578. The van der Waals surface area contributed by atoms with Crippen LogP contribution in [0, 0.1) is 0 Å². The van der Waals surface area contributed by atoms with Gasteiger partial charge in [-0.15, -0.1) is 11.3 Å². The molecule has 3 nitrogen and oxygen atoms in total. The van der Waals surface area contributed by atoms with Crippen LogP contribution in [-0.2, 0) is 11.2 Å². The van der Waals surface area contributed by atoms with Crippen LogP contribution in [0.15, 0.2) is 41.8 Å². The summed E-state index contributed by atoms with van der Waals surface area (Å²) in [5, 5.41) is 5.38. The van der Waals surface area contributed by atoms with E-state index in [-0.39, 0.29) is 18.0 Å². The zero-order chi connectivity index (χ0) is 15.9. The van der Waals surface area contributed by atoms with Gasteiger partial charge in [0.25, 0.3) is 0 Å². The van der Waals surface area contributed by atoms with Crippen molar-refractivity contribution in [3.63, 3.8) is 0 Å². The summed E-state index contributed by atoms with van der Waals surface area (Å²) in [5.41, 5.74) is 7.92. The summed E-state index contributed by atoms with van der Waals surface area (Å²) in [4.78, 5) is 12.6. The minimum Gasteiger partial charge on any atom is -0.368 e. The monoisotopic (exact) mass is 316 g/mol. The number of primary amides is 1. The first-order valence-corrected chi connectivity index (χ1v) is 8.67. The Balaban J connectivity index is 2.19. The van der Waals surface area contributed by atoms with Crippen LogP contribution in [0.2, 0.25) is 0 Å². The lowest BCUT2D eigenvalue weighted by Gasteiger charge is -2.21. The molecule has 1 amide bonds. The summed E-state index contributed by atoms with van der Waals surface area (Å²) in [7, 11) is 0. The summed E-state index contributed by atoms with van der Waals surface area (Å²) >= 11 is 1.68. The Kier molecular flexibility index (Phi) is 6.16. The first kappa shape index (κ1) is 16.7. The van der Waals surface area contributed by atoms with E-state index in [2.05, 4.69) is 48.0 Å². The normalized spacial score (nSPS) is 13.7. The van der Waals surface area contributed by atoms with Gasteiger partial charge in [0.05, 0.1) is 12.1 Å². The summed E-state index contributed by atoms with van der Waals surface area (Å²) < 4.78 is 0. The number of aryl methyl sites for hydroxylation is 1. The molecule has 0 saturated carbocycles. The van der Waals surface area contributed by atoms with E-state index in [1.807, 2.05) is 6.07 Å². The molecule has 3 N–H and O–H groups in total. The van der Waals surface area contributed by atoms with Gasteiger partial charge in [0.1, 0.15) is 0 Å². The zero-order valence-corrected chi connectivity index (χ0v) is 14.0. The Hall–Kier alpha value is -1.65. The van der Waals surface area contributed by atoms with Crippen molar-refractivity contribution < 1.29 is 4.79 Å². The number of nitrogens with two attached hydrogens (primary N) is 1. The maximum Gasteiger partial charge on any atom is 0.234 e. The third-order valence-electron chi connectivity index (χ3n) is 3.80. The van der Waals surface area contributed by atoms with Crippen LogP contribution in [0.3, 0.4) is 0 Å². The highest BCUT2D eigenvalue weighted by Gasteiger charge is 2.19. The lowest BCUT2D eigenvalue weighted by molar-refractivity contribution is -0.119. The lowest BCUT2D eigenvalue weighted by Crippen LogP contribution is -2.40. The van der Waals surface area contributed by atoms with E-state index in [0.717, 1.165) is 12.0 Å². The zero-order valence-electron chi connectivity index (χ0n) is 13.2. The molecular formula is C18H24N2OS. The van der Waals surface area contributed by atoms with Crippen molar-refractivity contribution in [3.8, 4) is 0 Å². The molecule has 2 atom stereocenters. The summed E-state index contributed by atoms with van der Waals surface area (Å²) in [5.74, 6) is -0.332. The van der Waals surface area contributed by atoms with Crippen molar-refractivity contribution in [1.82, 2.24) is 5.32 Å². The van der Waals surface area contributed by atoms with Gasteiger partial charge in [-0.1, -0.05) is 43.7 Å². The minimum absolute atomic E-state index is 0.00252. The van der Waals surface area contributed by atoms with Gasteiger partial charge >= 0.3 is 0 Å². The molecule has 0 bridgehead atoms. The predicted octanol–water partition coefficient (Wildman–Crippen LogP) is 3.64. The number of amides is 1. The Morgan fingerprint density at radius 1 is 1.27 bits per heavy atom. The smallest absolute Gasteiger partial charge is 0.234 e. The number of hydrogen-bond donors (Lipinski definition) is 2. The first-order chi connectivity index (χ1) is 10.6. The van der Waals surface area contributed by atoms with Crippen molar-refractivity contribution in [3.05, 3.63) is 57.8 Å². The van der Waals surface area contributed by atoms with Crippen LogP contribution in [-0.4, -0.2) is 11.9 Å². The van der Waals surface area contributed by atoms with Gasteiger partial charge in [-0.05, 0) is 42.3 Å². The molecule has 0 saturated heterocycles. The molecule has 0 aliphatic carbocycles. The highest BCUT2D eigenvalue weighted by Crippen LogP contribution is 2.27. The topological polar surface area (TPSA) is 55.1 Å². The molecule has 22 heavy (non-hydrogen) atoms. The summed E-state index contributed by atoms with van der Waals surface area (Å²) in [6.45, 7) is 4.01. The van der Waals surface area contributed by atoms with Crippen LogP contribution in [0.1, 0.15) is 48.7 Å². The second kappa shape index (κ2) is 8.11. The molecule has 1 aromatic carbocycles. The molecule has 0 unspecified atom stereocenters. The predicted molar refractivity (Wildman–Crippen MR) is 93.0 cm³/mol. The highest BCUT2D eigenvalue weighted by molar-refractivity contribution is 7.10. The van der Waals surface area contributed by atoms with Crippen molar-refractivity contribution in [2.45, 2.75) is 45.2 Å². The number of hydrogen-bond acceptors (Lipinski definition) is 3. The number of carbonyl (C=O) groups is 1. The van der Waals surface area contributed by atoms with E-state index in [1.165, 1.54) is 23.3 Å². The van der Waals surface area contributed by atoms with Crippen molar-refractivity contribution in [2.24, 2.45) is 5.73 Å². The molecular weight excluding hydrogens is 292 g/mol. The number of benzene rings is 1. The van der Waals surface area contributed by atoms with Crippen LogP contribution in [0.25, 0.3) is 0 Å². The minimum atomic E-state index is -0.369. The van der Waals surface area contributed by atoms with Gasteiger partial charge in [0.15, 0.2) is 0 Å². The molecule has 4 heteroatoms. The van der Waals surface area contributed by atoms with Crippen LogP contribution < -0.4 is 11.1 Å². The third-order valence-corrected chi connectivity index (χ3v) is 4.74. The van der Waals surface area contributed by atoms with Crippen molar-refractivity contribution in [1.29, 1.82) is 0 Å². The van der Waals surface area contributed by atoms with Crippen LogP contribution in [0.5, 0.6) is 0 Å². The third kappa shape index (κ3) is 4.42. The van der Waals surface area contributed by atoms with Gasteiger partial charge in [-0.2, -0.15) is 0 Å². The van der Waals surface area contributed by atoms with E-state index in [9.17, 15) is 4.79 Å². The number of unbranched alkanes of at least 4 members (excludes halogenated alkanes) is 1. The Morgan fingerprint density at radius 2 is 2.00 bits per heavy atom. The van der Waals surface area contributed by atoms with Crippen LogP contribution >= 0.6 is 11.3 Å². The van der Waals surface area contributed by atoms with E-state index in [4.69, 9.17) is 5.73 Å². The van der Waals surface area contributed by atoms with E-state index < -0.39 is 0 Å². The average molecular weight is 316 g/mol. The summed E-state index contributed by atoms with van der Waals surface area (Å²) in [6, 6.07) is 12.4. The van der Waals surface area contributed by atoms with Gasteiger partial charge in [-0.25, -0.2) is 0 Å². The lowest BCUT2D eigenvalue weighted by atomic mass is 10.0. The van der Waals surface area contributed by atoms with Gasteiger partial charge < -0.3 is 5.73 Å². The average Bonchev–Trinajstić information content (AvgIpc) is 3.05. The molecule has 0 spiro atoms. The standard InChI is InChI=1S/C18H24N2OS/c1-3-4-6-14-8-10-15(11-9-14)17(16-7-5-12-22-16)20-13(2)18(19)21/h5,7-13,17,20H,3-4,6H2,1-2H3,(H2,19,21)/t13-,17+/m1/s1. The Morgan fingerprint density at radius 3 is 2.55 bits per heavy atom. The SMILES string of the molecule is CCCCc1ccc([C@H](N[C@H](C)C(N)=O)c2cccs2)cc1. The van der Waals surface area contributed by atoms with E-state index in [1.54, 1.807) is 18.3 Å². The van der Waals surface area contributed by atoms with E-state index >= 15 is 0 Å². The second-order valence-corrected chi connectivity index (χ2v) is 6.56. The molecule has 0 fully saturated rings. The number of carbonyl (C=O) groups excluding carboxylic acids is 1. The molecule has 0 aliphatic heterocycles. The maximum absolute atomic E-state index is 11.4. The molecule has 1 aromatic heterocycles. The second-order valence-electron chi connectivity index (χ2n) is 5.58. The number of rotatable bonds is 8. The fraction of sp³-hybridized carbons (Fsp3) is 0.389. The number of nitrogens with one attached hydrogen (secondary N) is 1. The quantitative estimate of drug-likeness (QED) is 0.781. The van der Waals surface area contributed by atoms with Gasteiger partial charge in [0.2, 0.25) is 5.91 Å². The molecule has 0 aliphatic rings. The fourth-order valence-electron chi connectivity index (χ4n) is 2.39. The van der Waals surface area contributed by atoms with Gasteiger partial charge in [-0.3, -0.25) is 10.1 Å². The molecule has 0 radical (unpaired) electrons.